The summed E-state index contributed by atoms with van der Waals surface area (Å²) in [6.45, 7) is 9.11. The average Bonchev–Trinajstić information content (AvgIpc) is 3.13. The Bertz CT molecular complexity index is 1440. The number of hydrogen-bond donors (Lipinski definition) is 0. The Morgan fingerprint density at radius 3 is 1.87 bits per heavy atom. The van der Waals surface area contributed by atoms with Crippen molar-refractivity contribution in [2.45, 2.75) is 57.5 Å². The molecular formula is C40H48O7. The zero-order valence-corrected chi connectivity index (χ0v) is 27.7. The highest BCUT2D eigenvalue weighted by Gasteiger charge is 2.29. The summed E-state index contributed by atoms with van der Waals surface area (Å²) < 4.78 is 36.2. The molecule has 6 unspecified atom stereocenters. The van der Waals surface area contributed by atoms with E-state index in [1.807, 2.05) is 62.4 Å². The van der Waals surface area contributed by atoms with Gasteiger partial charge in [0.2, 0.25) is 0 Å². The van der Waals surface area contributed by atoms with Gasteiger partial charge < -0.3 is 28.4 Å². The average molecular weight is 641 g/mol. The Kier molecular flexibility index (Phi) is 12.0. The van der Waals surface area contributed by atoms with Crippen molar-refractivity contribution in [1.29, 1.82) is 0 Å². The van der Waals surface area contributed by atoms with Crippen molar-refractivity contribution in [2.24, 2.45) is 11.8 Å². The maximum Gasteiger partial charge on any atom is 0.193 e. The third kappa shape index (κ3) is 9.05. The molecule has 7 nitrogen and oxygen atoms in total. The summed E-state index contributed by atoms with van der Waals surface area (Å²) in [5.74, 6) is 0.763. The van der Waals surface area contributed by atoms with Crippen LogP contribution >= 0.6 is 0 Å². The van der Waals surface area contributed by atoms with Crippen LogP contribution in [0.25, 0.3) is 0 Å². The van der Waals surface area contributed by atoms with Gasteiger partial charge in [-0.3, -0.25) is 4.79 Å². The van der Waals surface area contributed by atoms with E-state index in [2.05, 4.69) is 36.5 Å². The molecule has 2 aromatic rings. The number of carbonyl (C=O) groups is 1. The van der Waals surface area contributed by atoms with Crippen LogP contribution in [0.2, 0.25) is 0 Å². The second-order valence-corrected chi connectivity index (χ2v) is 12.8. The third-order valence-corrected chi connectivity index (χ3v) is 9.29. The highest BCUT2D eigenvalue weighted by atomic mass is 16.6. The normalized spacial score (nSPS) is 27.7. The van der Waals surface area contributed by atoms with Gasteiger partial charge in [-0.05, 0) is 49.8 Å². The first-order valence-corrected chi connectivity index (χ1v) is 17.2. The number of ketones is 1. The third-order valence-electron chi connectivity index (χ3n) is 9.29. The molecule has 250 valence electrons. The first-order valence-electron chi connectivity index (χ1n) is 17.2. The van der Waals surface area contributed by atoms with E-state index in [1.54, 1.807) is 0 Å². The van der Waals surface area contributed by atoms with Crippen LogP contribution in [0.4, 0.5) is 0 Å². The molecular weight excluding hydrogens is 592 g/mol. The van der Waals surface area contributed by atoms with E-state index in [0.29, 0.717) is 49.4 Å². The van der Waals surface area contributed by atoms with Crippen molar-refractivity contribution in [3.63, 3.8) is 0 Å². The lowest BCUT2D eigenvalue weighted by molar-refractivity contribution is -0.139. The van der Waals surface area contributed by atoms with Crippen molar-refractivity contribution in [2.75, 3.05) is 52.9 Å². The van der Waals surface area contributed by atoms with Gasteiger partial charge >= 0.3 is 0 Å². The Morgan fingerprint density at radius 1 is 0.681 bits per heavy atom. The van der Waals surface area contributed by atoms with Crippen LogP contribution in [-0.4, -0.2) is 70.8 Å². The minimum Gasteiger partial charge on any atom is -0.381 e. The molecule has 2 aliphatic carbocycles. The molecule has 2 aromatic carbocycles. The zero-order chi connectivity index (χ0) is 32.4. The number of benzene rings is 2. The largest absolute Gasteiger partial charge is 0.381 e. The molecule has 0 radical (unpaired) electrons. The summed E-state index contributed by atoms with van der Waals surface area (Å²) in [6.07, 6.45) is 15.3. The molecule has 0 spiro atoms. The lowest BCUT2D eigenvalue weighted by Crippen LogP contribution is -2.34. The van der Waals surface area contributed by atoms with Gasteiger partial charge in [0.25, 0.3) is 0 Å². The molecule has 2 saturated heterocycles. The van der Waals surface area contributed by atoms with Gasteiger partial charge in [0.05, 0.1) is 45.7 Å². The van der Waals surface area contributed by atoms with Crippen molar-refractivity contribution >= 4 is 5.78 Å². The molecule has 2 heterocycles. The topological polar surface area (TPSA) is 72.5 Å². The first-order chi connectivity index (χ1) is 23.1. The monoisotopic (exact) mass is 640 g/mol. The standard InChI is InChI=1S/C40H48O7/c1-3-42-22-29-8-5-7-28(19-29)21-36-24-44-25-37(46-36)31-11-15-33(16-12-31)40(41)34-17-13-32(14-18-34)38-26-45-27-39(47-38)35-10-6-9-30(20-35)23-43-4-2/h5-18,29-30,36-39H,3-4,19-27H2,1-2H3. The van der Waals surface area contributed by atoms with E-state index in [0.717, 1.165) is 56.8 Å². The molecule has 2 fully saturated rings. The van der Waals surface area contributed by atoms with E-state index in [1.165, 1.54) is 11.1 Å². The molecule has 0 bridgehead atoms. The number of carbonyl (C=O) groups excluding carboxylic acids is 1. The molecule has 0 N–H and O–H groups in total. The zero-order valence-electron chi connectivity index (χ0n) is 27.7. The second kappa shape index (κ2) is 16.8. The Labute approximate surface area is 279 Å². The predicted octanol–water partition coefficient (Wildman–Crippen LogP) is 7.30. The van der Waals surface area contributed by atoms with Gasteiger partial charge in [-0.2, -0.15) is 0 Å². The fourth-order valence-corrected chi connectivity index (χ4v) is 6.74. The van der Waals surface area contributed by atoms with Gasteiger partial charge in [0, 0.05) is 36.2 Å². The van der Waals surface area contributed by atoms with Crippen molar-refractivity contribution in [3.8, 4) is 0 Å². The van der Waals surface area contributed by atoms with Crippen LogP contribution in [0, 0.1) is 11.8 Å². The number of allylic oxidation sites excluding steroid dienone is 4. The van der Waals surface area contributed by atoms with Crippen molar-refractivity contribution in [1.82, 2.24) is 0 Å². The Hall–Kier alpha value is -3.17. The van der Waals surface area contributed by atoms with E-state index >= 15 is 0 Å². The van der Waals surface area contributed by atoms with Crippen LogP contribution < -0.4 is 0 Å². The van der Waals surface area contributed by atoms with Crippen LogP contribution in [0.5, 0.6) is 0 Å². The molecule has 4 aliphatic rings. The number of ether oxygens (including phenoxy) is 6. The van der Waals surface area contributed by atoms with Gasteiger partial charge in [0.1, 0.15) is 18.3 Å². The van der Waals surface area contributed by atoms with Gasteiger partial charge in [-0.1, -0.05) is 90.6 Å². The summed E-state index contributed by atoms with van der Waals surface area (Å²) in [6, 6.07) is 15.5. The fourth-order valence-electron chi connectivity index (χ4n) is 6.74. The van der Waals surface area contributed by atoms with E-state index in [9.17, 15) is 4.79 Å². The van der Waals surface area contributed by atoms with Gasteiger partial charge in [0.15, 0.2) is 5.78 Å². The molecule has 2 aliphatic heterocycles. The maximum atomic E-state index is 13.4. The highest BCUT2D eigenvalue weighted by Crippen LogP contribution is 2.32. The van der Waals surface area contributed by atoms with E-state index in [4.69, 9.17) is 28.4 Å². The maximum absolute atomic E-state index is 13.4. The SMILES string of the molecule is CCOCC1C=CC=C(CC2COCC(c3ccc(C(=O)c4ccc(C5COCC(C6=CC=CC(COCC)C6)O5)cc4)cc3)O2)C1. The lowest BCUT2D eigenvalue weighted by Gasteiger charge is -2.33. The Balaban J connectivity index is 1.02. The molecule has 7 heteroatoms. The highest BCUT2D eigenvalue weighted by molar-refractivity contribution is 6.09. The second-order valence-electron chi connectivity index (χ2n) is 12.8. The first kappa shape index (κ1) is 33.7. The minimum atomic E-state index is -0.182. The summed E-state index contributed by atoms with van der Waals surface area (Å²) in [7, 11) is 0. The lowest BCUT2D eigenvalue weighted by atomic mass is 9.91. The van der Waals surface area contributed by atoms with Crippen molar-refractivity contribution < 1.29 is 33.2 Å². The van der Waals surface area contributed by atoms with E-state index in [-0.39, 0.29) is 30.2 Å². The van der Waals surface area contributed by atoms with Gasteiger partial charge in [-0.15, -0.1) is 0 Å². The molecule has 0 aromatic heterocycles. The van der Waals surface area contributed by atoms with Crippen LogP contribution in [0.1, 0.15) is 72.4 Å². The smallest absolute Gasteiger partial charge is 0.193 e. The van der Waals surface area contributed by atoms with Crippen molar-refractivity contribution in [3.05, 3.63) is 118 Å². The summed E-state index contributed by atoms with van der Waals surface area (Å²) >= 11 is 0. The minimum absolute atomic E-state index is 0.00132. The van der Waals surface area contributed by atoms with E-state index < -0.39 is 0 Å². The predicted molar refractivity (Wildman–Crippen MR) is 181 cm³/mol. The molecule has 0 amide bonds. The summed E-state index contributed by atoms with van der Waals surface area (Å²) in [4.78, 5) is 13.4. The molecule has 6 atom stereocenters. The number of rotatable bonds is 13. The van der Waals surface area contributed by atoms with Crippen LogP contribution in [-0.2, 0) is 28.4 Å². The number of hydrogen-bond acceptors (Lipinski definition) is 7. The van der Waals surface area contributed by atoms with Crippen LogP contribution in [0.15, 0.2) is 96.1 Å². The molecule has 47 heavy (non-hydrogen) atoms. The summed E-state index contributed by atoms with van der Waals surface area (Å²) in [5, 5.41) is 0. The fraction of sp³-hybridized carbons (Fsp3) is 0.475. The molecule has 0 saturated carbocycles. The Morgan fingerprint density at radius 2 is 1.23 bits per heavy atom. The van der Waals surface area contributed by atoms with Crippen LogP contribution in [0.3, 0.4) is 0 Å². The quantitative estimate of drug-likeness (QED) is 0.213. The molecule has 6 rings (SSSR count). The van der Waals surface area contributed by atoms with Gasteiger partial charge in [-0.25, -0.2) is 0 Å². The summed E-state index contributed by atoms with van der Waals surface area (Å²) in [5.41, 5.74) is 5.92.